The molecule has 4 nitrogen and oxygen atoms in total. The number of hydrazone groups is 1. The van der Waals surface area contributed by atoms with Crippen molar-refractivity contribution in [2.75, 3.05) is 6.61 Å². The van der Waals surface area contributed by atoms with Crippen LogP contribution in [0.4, 0.5) is 0 Å². The fraction of sp³-hybridized carbons (Fsp3) is 0.333. The fourth-order valence-electron chi connectivity index (χ4n) is 1.85. The molecule has 0 spiro atoms. The van der Waals surface area contributed by atoms with Crippen molar-refractivity contribution < 1.29 is 9.53 Å². The monoisotopic (exact) mass is 258 g/mol. The summed E-state index contributed by atoms with van der Waals surface area (Å²) < 4.78 is 5.38. The van der Waals surface area contributed by atoms with Crippen LogP contribution in [0.2, 0.25) is 0 Å². The number of nitrogens with zero attached hydrogens (tertiary/aromatic N) is 1. The highest BCUT2D eigenvalue weighted by atomic mass is 16.5. The van der Waals surface area contributed by atoms with E-state index in [-0.39, 0.29) is 12.5 Å². The Bertz CT molecular complexity index is 492. The third-order valence-electron chi connectivity index (χ3n) is 2.93. The average molecular weight is 258 g/mol. The summed E-state index contributed by atoms with van der Waals surface area (Å²) in [5.41, 5.74) is 4.26. The van der Waals surface area contributed by atoms with Crippen LogP contribution < -0.4 is 5.43 Å². The Morgan fingerprint density at radius 2 is 2.16 bits per heavy atom. The van der Waals surface area contributed by atoms with Crippen molar-refractivity contribution in [2.24, 2.45) is 5.10 Å². The van der Waals surface area contributed by atoms with Gasteiger partial charge in [0.05, 0.1) is 11.5 Å². The molecule has 0 aromatic heterocycles. The minimum atomic E-state index is -0.233. The number of carbonyl (C=O) groups is 1. The van der Waals surface area contributed by atoms with Gasteiger partial charge < -0.3 is 4.74 Å². The van der Waals surface area contributed by atoms with E-state index < -0.39 is 0 Å². The molecule has 0 saturated heterocycles. The van der Waals surface area contributed by atoms with E-state index in [9.17, 15) is 4.79 Å². The third-order valence-corrected chi connectivity index (χ3v) is 2.93. The van der Waals surface area contributed by atoms with Crippen molar-refractivity contribution in [1.29, 1.82) is 0 Å². The SMILES string of the molecule is CC(=NNC(=O)COC1=CCCC1)c1ccccc1. The second-order valence-electron chi connectivity index (χ2n) is 4.45. The average Bonchev–Trinajstić information content (AvgIpc) is 2.96. The molecule has 0 radical (unpaired) electrons. The van der Waals surface area contributed by atoms with Gasteiger partial charge in [-0.3, -0.25) is 4.79 Å². The molecular formula is C15H18N2O2. The number of nitrogens with one attached hydrogen (secondary N) is 1. The van der Waals surface area contributed by atoms with Crippen molar-refractivity contribution in [3.63, 3.8) is 0 Å². The van der Waals surface area contributed by atoms with Gasteiger partial charge in [0, 0.05) is 6.42 Å². The van der Waals surface area contributed by atoms with Gasteiger partial charge in [0.25, 0.3) is 5.91 Å². The second-order valence-corrected chi connectivity index (χ2v) is 4.45. The van der Waals surface area contributed by atoms with Crippen LogP contribution >= 0.6 is 0 Å². The molecule has 0 fully saturated rings. The summed E-state index contributed by atoms with van der Waals surface area (Å²) in [6.07, 6.45) is 5.12. The summed E-state index contributed by atoms with van der Waals surface area (Å²) in [4.78, 5) is 11.6. The minimum absolute atomic E-state index is 0.0252. The molecule has 1 aliphatic rings. The van der Waals surface area contributed by atoms with Crippen molar-refractivity contribution in [3.05, 3.63) is 47.7 Å². The Morgan fingerprint density at radius 3 is 2.84 bits per heavy atom. The van der Waals surface area contributed by atoms with E-state index in [2.05, 4.69) is 10.5 Å². The van der Waals surface area contributed by atoms with Crippen LogP contribution in [0.5, 0.6) is 0 Å². The molecule has 0 bridgehead atoms. The van der Waals surface area contributed by atoms with Crippen LogP contribution in [-0.4, -0.2) is 18.2 Å². The highest BCUT2D eigenvalue weighted by molar-refractivity contribution is 5.99. The number of rotatable bonds is 5. The highest BCUT2D eigenvalue weighted by Crippen LogP contribution is 2.17. The standard InChI is InChI=1S/C15H18N2O2/c1-12(13-7-3-2-4-8-13)16-17-15(18)11-19-14-9-5-6-10-14/h2-4,7-9H,5-6,10-11H2,1H3,(H,17,18). The largest absolute Gasteiger partial charge is 0.488 e. The third kappa shape index (κ3) is 4.25. The summed E-state index contributed by atoms with van der Waals surface area (Å²) in [6.45, 7) is 1.88. The van der Waals surface area contributed by atoms with Crippen LogP contribution in [0, 0.1) is 0 Å². The number of benzene rings is 1. The molecule has 1 amide bonds. The molecule has 0 heterocycles. The number of amides is 1. The van der Waals surface area contributed by atoms with Gasteiger partial charge >= 0.3 is 0 Å². The van der Waals surface area contributed by atoms with Crippen LogP contribution in [0.1, 0.15) is 31.7 Å². The lowest BCUT2D eigenvalue weighted by Gasteiger charge is -2.06. The van der Waals surface area contributed by atoms with Crippen molar-refractivity contribution in [3.8, 4) is 0 Å². The van der Waals surface area contributed by atoms with Crippen LogP contribution in [0.15, 0.2) is 47.3 Å². The maximum atomic E-state index is 11.6. The zero-order valence-electron chi connectivity index (χ0n) is 11.1. The van der Waals surface area contributed by atoms with Crippen LogP contribution in [0.3, 0.4) is 0 Å². The molecule has 2 rings (SSSR count). The Hall–Kier alpha value is -2.10. The first-order valence-electron chi connectivity index (χ1n) is 6.46. The zero-order valence-corrected chi connectivity index (χ0v) is 11.1. The van der Waals surface area contributed by atoms with Gasteiger partial charge in [-0.25, -0.2) is 5.43 Å². The summed E-state index contributed by atoms with van der Waals surface area (Å²) in [6, 6.07) is 9.71. The lowest BCUT2D eigenvalue weighted by molar-refractivity contribution is -0.124. The number of hydrogen-bond donors (Lipinski definition) is 1. The summed E-state index contributed by atoms with van der Waals surface area (Å²) in [7, 11) is 0. The highest BCUT2D eigenvalue weighted by Gasteiger charge is 2.08. The molecule has 4 heteroatoms. The lowest BCUT2D eigenvalue weighted by Crippen LogP contribution is -2.24. The van der Waals surface area contributed by atoms with E-state index >= 15 is 0 Å². The Kier molecular flexibility index (Phi) is 4.72. The Morgan fingerprint density at radius 1 is 1.37 bits per heavy atom. The first-order chi connectivity index (χ1) is 9.25. The van der Waals surface area contributed by atoms with Crippen molar-refractivity contribution >= 4 is 11.6 Å². The predicted molar refractivity (Wildman–Crippen MR) is 74.7 cm³/mol. The normalized spacial score (nSPS) is 15.0. The van der Waals surface area contributed by atoms with E-state index in [0.29, 0.717) is 0 Å². The predicted octanol–water partition coefficient (Wildman–Crippen LogP) is 2.61. The molecule has 1 N–H and O–H groups in total. The zero-order chi connectivity index (χ0) is 13.5. The molecule has 1 aliphatic carbocycles. The molecule has 19 heavy (non-hydrogen) atoms. The van der Waals surface area contributed by atoms with E-state index in [4.69, 9.17) is 4.74 Å². The molecule has 1 aromatic carbocycles. The van der Waals surface area contributed by atoms with Crippen molar-refractivity contribution in [1.82, 2.24) is 5.43 Å². The van der Waals surface area contributed by atoms with Gasteiger partial charge in [-0.15, -0.1) is 0 Å². The van der Waals surface area contributed by atoms with E-state index in [1.54, 1.807) is 0 Å². The van der Waals surface area contributed by atoms with Gasteiger partial charge in [-0.05, 0) is 31.4 Å². The molecule has 0 saturated carbocycles. The van der Waals surface area contributed by atoms with Gasteiger partial charge in [-0.1, -0.05) is 30.3 Å². The van der Waals surface area contributed by atoms with Gasteiger partial charge in [0.2, 0.25) is 0 Å². The first kappa shape index (κ1) is 13.3. The molecular weight excluding hydrogens is 240 g/mol. The minimum Gasteiger partial charge on any atom is -0.488 e. The fourth-order valence-corrected chi connectivity index (χ4v) is 1.85. The molecule has 0 aliphatic heterocycles. The lowest BCUT2D eigenvalue weighted by atomic mass is 10.1. The van der Waals surface area contributed by atoms with Crippen molar-refractivity contribution in [2.45, 2.75) is 26.2 Å². The topological polar surface area (TPSA) is 50.7 Å². The van der Waals surface area contributed by atoms with Gasteiger partial charge in [0.15, 0.2) is 6.61 Å². The molecule has 100 valence electrons. The number of ether oxygens (including phenoxy) is 1. The number of hydrogen-bond acceptors (Lipinski definition) is 3. The second kappa shape index (κ2) is 6.73. The molecule has 1 aromatic rings. The van der Waals surface area contributed by atoms with Gasteiger partial charge in [0.1, 0.15) is 0 Å². The van der Waals surface area contributed by atoms with E-state index in [0.717, 1.165) is 36.3 Å². The first-order valence-corrected chi connectivity index (χ1v) is 6.46. The van der Waals surface area contributed by atoms with Crippen LogP contribution in [-0.2, 0) is 9.53 Å². The Balaban J connectivity index is 1.79. The maximum absolute atomic E-state index is 11.6. The summed E-state index contributed by atoms with van der Waals surface area (Å²) in [5, 5.41) is 4.06. The summed E-state index contributed by atoms with van der Waals surface area (Å²) in [5.74, 6) is 0.682. The van der Waals surface area contributed by atoms with E-state index in [1.807, 2.05) is 43.3 Å². The van der Waals surface area contributed by atoms with E-state index in [1.165, 1.54) is 0 Å². The quantitative estimate of drug-likeness (QED) is 0.652. The number of carbonyl (C=O) groups excluding carboxylic acids is 1. The summed E-state index contributed by atoms with van der Waals surface area (Å²) >= 11 is 0. The Labute approximate surface area is 113 Å². The number of allylic oxidation sites excluding steroid dienone is 2. The maximum Gasteiger partial charge on any atom is 0.277 e. The van der Waals surface area contributed by atoms with Gasteiger partial charge in [-0.2, -0.15) is 5.10 Å². The van der Waals surface area contributed by atoms with Crippen LogP contribution in [0.25, 0.3) is 0 Å². The molecule has 0 atom stereocenters. The smallest absolute Gasteiger partial charge is 0.277 e. The molecule has 0 unspecified atom stereocenters.